The molecule has 8 heteroatoms. The fourth-order valence-corrected chi connectivity index (χ4v) is 4.83. The number of rotatable bonds is 6. The van der Waals surface area contributed by atoms with E-state index in [1.165, 1.54) is 16.4 Å². The first kappa shape index (κ1) is 21.4. The van der Waals surface area contributed by atoms with Crippen molar-refractivity contribution in [2.24, 2.45) is 0 Å². The Balaban J connectivity index is 1.57. The predicted molar refractivity (Wildman–Crippen MR) is 109 cm³/mol. The van der Waals surface area contributed by atoms with Crippen LogP contribution in [0.3, 0.4) is 0 Å². The molecule has 1 amide bonds. The van der Waals surface area contributed by atoms with Crippen molar-refractivity contribution in [2.75, 3.05) is 26.2 Å². The first-order chi connectivity index (χ1) is 13.8. The van der Waals surface area contributed by atoms with Crippen molar-refractivity contribution in [3.8, 4) is 0 Å². The van der Waals surface area contributed by atoms with E-state index < -0.39 is 15.8 Å². The molecular weight excluding hydrogens is 393 g/mol. The molecule has 2 aromatic rings. The number of amides is 1. The molecule has 2 aromatic carbocycles. The van der Waals surface area contributed by atoms with Crippen LogP contribution < -0.4 is 5.32 Å². The number of nitrogens with zero attached hydrogens (tertiary/aromatic N) is 2. The van der Waals surface area contributed by atoms with Gasteiger partial charge in [-0.2, -0.15) is 4.31 Å². The second-order valence-corrected chi connectivity index (χ2v) is 9.15. The molecule has 0 spiro atoms. The molecule has 0 saturated carbocycles. The number of hydrogen-bond acceptors (Lipinski definition) is 4. The number of nitrogens with one attached hydrogen (secondary N) is 1. The summed E-state index contributed by atoms with van der Waals surface area (Å²) in [6.07, 6.45) is 0. The van der Waals surface area contributed by atoms with Crippen molar-refractivity contribution in [2.45, 2.75) is 30.8 Å². The fraction of sp³-hybridized carbons (Fsp3) is 0.381. The van der Waals surface area contributed by atoms with Crippen LogP contribution in [0.25, 0.3) is 0 Å². The van der Waals surface area contributed by atoms with Gasteiger partial charge in [0.15, 0.2) is 0 Å². The van der Waals surface area contributed by atoms with E-state index in [4.69, 9.17) is 0 Å². The Morgan fingerprint density at radius 2 is 1.55 bits per heavy atom. The molecule has 1 aliphatic rings. The number of sulfonamides is 1. The maximum Gasteiger partial charge on any atom is 0.243 e. The molecule has 0 bridgehead atoms. The van der Waals surface area contributed by atoms with E-state index in [1.807, 2.05) is 49.1 Å². The van der Waals surface area contributed by atoms with Gasteiger partial charge in [-0.05, 0) is 43.7 Å². The molecule has 6 nitrogen and oxygen atoms in total. The molecule has 1 aliphatic heterocycles. The highest BCUT2D eigenvalue weighted by Gasteiger charge is 2.32. The number of piperazine rings is 1. The van der Waals surface area contributed by atoms with Gasteiger partial charge in [-0.1, -0.05) is 30.3 Å². The standard InChI is InChI=1S/C21H26FN3O3S/c1-16(18-6-4-3-5-7-18)23-21(26)17(2)24-12-14-25(15-13-24)29(27,28)20-10-8-19(22)9-11-20/h3-11,16-17H,12-15H2,1-2H3,(H,23,26). The first-order valence-electron chi connectivity index (χ1n) is 9.64. The van der Waals surface area contributed by atoms with Crippen molar-refractivity contribution in [1.82, 2.24) is 14.5 Å². The van der Waals surface area contributed by atoms with Crippen molar-refractivity contribution >= 4 is 15.9 Å². The van der Waals surface area contributed by atoms with E-state index in [0.717, 1.165) is 17.7 Å². The normalized spacial score (nSPS) is 18.2. The number of hydrogen-bond donors (Lipinski definition) is 1. The number of halogens is 1. The van der Waals surface area contributed by atoms with Gasteiger partial charge in [-0.15, -0.1) is 0 Å². The Morgan fingerprint density at radius 1 is 0.966 bits per heavy atom. The largest absolute Gasteiger partial charge is 0.348 e. The Kier molecular flexibility index (Phi) is 6.66. The molecule has 2 unspecified atom stereocenters. The molecule has 156 valence electrons. The van der Waals surface area contributed by atoms with Crippen LogP contribution in [-0.4, -0.2) is 55.8 Å². The van der Waals surface area contributed by atoms with Gasteiger partial charge in [0.1, 0.15) is 5.82 Å². The molecular formula is C21H26FN3O3S. The Hall–Kier alpha value is -2.29. The molecule has 0 aliphatic carbocycles. The van der Waals surface area contributed by atoms with Crippen molar-refractivity contribution in [3.05, 3.63) is 66.0 Å². The highest BCUT2D eigenvalue weighted by molar-refractivity contribution is 7.89. The summed E-state index contributed by atoms with van der Waals surface area (Å²) >= 11 is 0. The summed E-state index contributed by atoms with van der Waals surface area (Å²) in [6, 6.07) is 14.1. The zero-order valence-corrected chi connectivity index (χ0v) is 17.4. The molecule has 29 heavy (non-hydrogen) atoms. The second-order valence-electron chi connectivity index (χ2n) is 7.21. The van der Waals surface area contributed by atoms with Gasteiger partial charge in [0.2, 0.25) is 15.9 Å². The number of carbonyl (C=O) groups is 1. The fourth-order valence-electron chi connectivity index (χ4n) is 3.41. The monoisotopic (exact) mass is 419 g/mol. The lowest BCUT2D eigenvalue weighted by molar-refractivity contribution is -0.127. The molecule has 2 atom stereocenters. The van der Waals surface area contributed by atoms with Crippen LogP contribution in [0.5, 0.6) is 0 Å². The van der Waals surface area contributed by atoms with Gasteiger partial charge < -0.3 is 5.32 Å². The smallest absolute Gasteiger partial charge is 0.243 e. The zero-order valence-electron chi connectivity index (χ0n) is 16.6. The first-order valence-corrected chi connectivity index (χ1v) is 11.1. The van der Waals surface area contributed by atoms with Gasteiger partial charge in [-0.3, -0.25) is 9.69 Å². The van der Waals surface area contributed by atoms with Crippen LogP contribution in [0, 0.1) is 5.82 Å². The van der Waals surface area contributed by atoms with E-state index in [-0.39, 0.29) is 36.0 Å². The maximum absolute atomic E-state index is 13.1. The van der Waals surface area contributed by atoms with Crippen LogP contribution in [-0.2, 0) is 14.8 Å². The Labute approximate surface area is 171 Å². The number of carbonyl (C=O) groups excluding carboxylic acids is 1. The lowest BCUT2D eigenvalue weighted by atomic mass is 10.1. The minimum Gasteiger partial charge on any atom is -0.348 e. The topological polar surface area (TPSA) is 69.7 Å². The van der Waals surface area contributed by atoms with Crippen LogP contribution in [0.4, 0.5) is 4.39 Å². The third kappa shape index (κ3) is 5.01. The summed E-state index contributed by atoms with van der Waals surface area (Å²) in [4.78, 5) is 14.7. The zero-order chi connectivity index (χ0) is 21.0. The summed E-state index contributed by atoms with van der Waals surface area (Å²) < 4.78 is 39.9. The van der Waals surface area contributed by atoms with E-state index in [9.17, 15) is 17.6 Å². The van der Waals surface area contributed by atoms with E-state index in [1.54, 1.807) is 0 Å². The summed E-state index contributed by atoms with van der Waals surface area (Å²) in [6.45, 7) is 5.24. The molecule has 3 rings (SSSR count). The summed E-state index contributed by atoms with van der Waals surface area (Å²) in [5.41, 5.74) is 1.03. The Morgan fingerprint density at radius 3 is 2.14 bits per heavy atom. The molecule has 1 saturated heterocycles. The van der Waals surface area contributed by atoms with Gasteiger partial charge >= 0.3 is 0 Å². The van der Waals surface area contributed by atoms with Crippen LogP contribution in [0.1, 0.15) is 25.5 Å². The third-order valence-electron chi connectivity index (χ3n) is 5.31. The summed E-state index contributed by atoms with van der Waals surface area (Å²) in [7, 11) is -3.66. The highest BCUT2D eigenvalue weighted by atomic mass is 32.2. The predicted octanol–water partition coefficient (Wildman–Crippen LogP) is 2.40. The van der Waals surface area contributed by atoms with Crippen molar-refractivity contribution in [1.29, 1.82) is 0 Å². The number of benzene rings is 2. The van der Waals surface area contributed by atoms with Crippen molar-refractivity contribution < 1.29 is 17.6 Å². The Bertz CT molecular complexity index is 927. The molecule has 1 fully saturated rings. The average molecular weight is 420 g/mol. The van der Waals surface area contributed by atoms with E-state index in [2.05, 4.69) is 5.32 Å². The molecule has 1 N–H and O–H groups in total. The van der Waals surface area contributed by atoms with Gasteiger partial charge in [0.05, 0.1) is 17.0 Å². The maximum atomic E-state index is 13.1. The minimum absolute atomic E-state index is 0.0785. The van der Waals surface area contributed by atoms with Crippen molar-refractivity contribution in [3.63, 3.8) is 0 Å². The second kappa shape index (κ2) is 9.02. The van der Waals surface area contributed by atoms with Crippen LogP contribution >= 0.6 is 0 Å². The third-order valence-corrected chi connectivity index (χ3v) is 7.22. The van der Waals surface area contributed by atoms with Crippen LogP contribution in [0.15, 0.2) is 59.5 Å². The van der Waals surface area contributed by atoms with E-state index in [0.29, 0.717) is 13.1 Å². The summed E-state index contributed by atoms with van der Waals surface area (Å²) in [5, 5.41) is 3.02. The lowest BCUT2D eigenvalue weighted by Crippen LogP contribution is -2.55. The van der Waals surface area contributed by atoms with Gasteiger partial charge in [0.25, 0.3) is 0 Å². The molecule has 1 heterocycles. The minimum atomic E-state index is -3.66. The van der Waals surface area contributed by atoms with Gasteiger partial charge in [0, 0.05) is 26.2 Å². The molecule has 0 aromatic heterocycles. The van der Waals surface area contributed by atoms with Gasteiger partial charge in [-0.25, -0.2) is 12.8 Å². The van der Waals surface area contributed by atoms with E-state index >= 15 is 0 Å². The SMILES string of the molecule is CC(NC(=O)C(C)N1CCN(S(=O)(=O)c2ccc(F)cc2)CC1)c1ccccc1. The lowest BCUT2D eigenvalue weighted by Gasteiger charge is -2.37. The quantitative estimate of drug-likeness (QED) is 0.781. The van der Waals surface area contributed by atoms with Crippen LogP contribution in [0.2, 0.25) is 0 Å². The molecule has 0 radical (unpaired) electrons. The average Bonchev–Trinajstić information content (AvgIpc) is 2.74. The highest BCUT2D eigenvalue weighted by Crippen LogP contribution is 2.19. The summed E-state index contributed by atoms with van der Waals surface area (Å²) in [5.74, 6) is -0.561.